The lowest BCUT2D eigenvalue weighted by atomic mass is 10.1. The van der Waals surface area contributed by atoms with Crippen LogP contribution in [0.25, 0.3) is 0 Å². The Morgan fingerprint density at radius 3 is 2.39 bits per heavy atom. The molecule has 0 aliphatic heterocycles. The van der Waals surface area contributed by atoms with Crippen molar-refractivity contribution in [2.24, 2.45) is 0 Å². The molecule has 1 atom stereocenters. The molecular weight excluding hydrogens is 376 g/mol. The summed E-state index contributed by atoms with van der Waals surface area (Å²) < 4.78 is 38.4. The maximum Gasteiger partial charge on any atom is 0.387 e. The fourth-order valence-electron chi connectivity index (χ4n) is 2.23. The van der Waals surface area contributed by atoms with Crippen LogP contribution in [0.3, 0.4) is 0 Å². The maximum absolute atomic E-state index is 12.2. The summed E-state index contributed by atoms with van der Waals surface area (Å²) in [5.41, 5.74) is 0.421. The number of halogens is 2. The number of alkyl halides is 2. The van der Waals surface area contributed by atoms with Gasteiger partial charge in [-0.2, -0.15) is 8.78 Å². The van der Waals surface area contributed by atoms with Crippen LogP contribution in [0, 0.1) is 0 Å². The van der Waals surface area contributed by atoms with E-state index in [1.165, 1.54) is 18.2 Å². The maximum atomic E-state index is 12.2. The molecule has 9 heteroatoms. The number of amides is 1. The number of nitrogens with one attached hydrogen (secondary N) is 1. The molecule has 2 aromatic carbocycles. The van der Waals surface area contributed by atoms with Gasteiger partial charge >= 0.3 is 18.6 Å². The molecule has 7 nitrogen and oxygen atoms in total. The molecule has 0 aliphatic rings. The van der Waals surface area contributed by atoms with Crippen molar-refractivity contribution in [2.45, 2.75) is 12.7 Å². The highest BCUT2D eigenvalue weighted by Gasteiger charge is 2.26. The molecule has 1 amide bonds. The third kappa shape index (κ3) is 6.04. The predicted molar refractivity (Wildman–Crippen MR) is 92.7 cm³/mol. The molecule has 2 aromatic rings. The van der Waals surface area contributed by atoms with Crippen molar-refractivity contribution in [3.63, 3.8) is 0 Å². The second kappa shape index (κ2) is 10.0. The number of carbonyl (C=O) groups excluding carboxylic acids is 3. The van der Waals surface area contributed by atoms with Crippen LogP contribution in [0.5, 0.6) is 5.75 Å². The molecule has 0 radical (unpaired) electrons. The van der Waals surface area contributed by atoms with Crippen LogP contribution in [-0.4, -0.2) is 38.1 Å². The molecule has 148 valence electrons. The number of carbonyl (C=O) groups is 3. The van der Waals surface area contributed by atoms with Gasteiger partial charge in [-0.25, -0.2) is 4.79 Å². The highest BCUT2D eigenvalue weighted by Crippen LogP contribution is 2.19. The first-order valence-corrected chi connectivity index (χ1v) is 8.06. The van der Waals surface area contributed by atoms with E-state index in [2.05, 4.69) is 14.8 Å². The summed E-state index contributed by atoms with van der Waals surface area (Å²) in [6.07, 6.45) is -1.28. The Balaban J connectivity index is 1.97. The van der Waals surface area contributed by atoms with Crippen LogP contribution < -0.4 is 10.1 Å². The second-order valence-corrected chi connectivity index (χ2v) is 5.39. The quantitative estimate of drug-likeness (QED) is 0.693. The zero-order valence-electron chi connectivity index (χ0n) is 14.8. The van der Waals surface area contributed by atoms with E-state index < -0.39 is 37.1 Å². The molecule has 0 aliphatic carbocycles. The fraction of sp³-hybridized carbons (Fsp3) is 0.211. The summed E-state index contributed by atoms with van der Waals surface area (Å²) in [6, 6.07) is 13.3. The van der Waals surface area contributed by atoms with E-state index in [9.17, 15) is 23.2 Å². The van der Waals surface area contributed by atoms with Gasteiger partial charge in [0, 0.05) is 11.1 Å². The number of benzene rings is 2. The molecule has 0 spiro atoms. The Bertz CT molecular complexity index is 828. The Morgan fingerprint density at radius 2 is 1.75 bits per heavy atom. The number of rotatable bonds is 8. The van der Waals surface area contributed by atoms with Gasteiger partial charge < -0.3 is 19.5 Å². The first-order valence-electron chi connectivity index (χ1n) is 8.06. The zero-order valence-corrected chi connectivity index (χ0v) is 14.8. The topological polar surface area (TPSA) is 90.9 Å². The molecule has 0 heterocycles. The third-order valence-corrected chi connectivity index (χ3v) is 3.48. The van der Waals surface area contributed by atoms with E-state index in [4.69, 9.17) is 4.74 Å². The Morgan fingerprint density at radius 1 is 1.04 bits per heavy atom. The van der Waals surface area contributed by atoms with Gasteiger partial charge in [-0.05, 0) is 18.2 Å². The molecular formula is C19H17F2NO6. The van der Waals surface area contributed by atoms with Gasteiger partial charge in [0.05, 0.1) is 7.11 Å². The largest absolute Gasteiger partial charge is 0.466 e. The lowest BCUT2D eigenvalue weighted by Gasteiger charge is -2.16. The lowest BCUT2D eigenvalue weighted by Crippen LogP contribution is -2.32. The molecule has 1 unspecified atom stereocenters. The number of methoxy groups -OCH3 is 1. The number of hydrogen-bond donors (Lipinski definition) is 1. The van der Waals surface area contributed by atoms with E-state index in [-0.39, 0.29) is 11.3 Å². The lowest BCUT2D eigenvalue weighted by molar-refractivity contribution is -0.166. The van der Waals surface area contributed by atoms with Crippen LogP contribution in [0.1, 0.15) is 22.0 Å². The van der Waals surface area contributed by atoms with Crippen molar-refractivity contribution >= 4 is 17.8 Å². The minimum atomic E-state index is -3.03. The molecule has 0 saturated heterocycles. The highest BCUT2D eigenvalue weighted by molar-refractivity contribution is 5.96. The van der Waals surface area contributed by atoms with Crippen LogP contribution in [0.15, 0.2) is 54.6 Å². The summed E-state index contributed by atoms with van der Waals surface area (Å²) in [5.74, 6) is -2.55. The van der Waals surface area contributed by atoms with E-state index in [1.54, 1.807) is 30.3 Å². The average molecular weight is 393 g/mol. The van der Waals surface area contributed by atoms with Gasteiger partial charge in [0.15, 0.2) is 0 Å². The summed E-state index contributed by atoms with van der Waals surface area (Å²) in [7, 11) is 1.16. The fourth-order valence-corrected chi connectivity index (χ4v) is 2.23. The predicted octanol–water partition coefficient (Wildman–Crippen LogP) is 2.48. The second-order valence-electron chi connectivity index (χ2n) is 5.39. The van der Waals surface area contributed by atoms with Crippen molar-refractivity contribution in [3.05, 3.63) is 65.7 Å². The van der Waals surface area contributed by atoms with E-state index in [0.717, 1.165) is 13.2 Å². The highest BCUT2D eigenvalue weighted by atomic mass is 19.3. The van der Waals surface area contributed by atoms with Crippen molar-refractivity contribution < 1.29 is 37.4 Å². The zero-order chi connectivity index (χ0) is 20.5. The minimum absolute atomic E-state index is 0.0125. The first-order chi connectivity index (χ1) is 13.4. The SMILES string of the molecule is COC(=O)C(OC(=O)CNC(=O)c1cccc(OC(F)F)c1)c1ccccc1. The van der Waals surface area contributed by atoms with Crippen LogP contribution >= 0.6 is 0 Å². The standard InChI is InChI=1S/C19H17F2NO6/c1-26-18(25)16(12-6-3-2-4-7-12)28-15(23)11-22-17(24)13-8-5-9-14(10-13)27-19(20)21/h2-10,16,19H,11H2,1H3,(H,22,24). The van der Waals surface area contributed by atoms with Gasteiger partial charge in [-0.15, -0.1) is 0 Å². The van der Waals surface area contributed by atoms with E-state index in [0.29, 0.717) is 5.56 Å². The van der Waals surface area contributed by atoms with Crippen molar-refractivity contribution in [1.82, 2.24) is 5.32 Å². The van der Waals surface area contributed by atoms with Gasteiger partial charge in [-0.1, -0.05) is 36.4 Å². The van der Waals surface area contributed by atoms with Crippen molar-refractivity contribution in [2.75, 3.05) is 13.7 Å². The monoisotopic (exact) mass is 393 g/mol. The number of hydrogen-bond acceptors (Lipinski definition) is 6. The smallest absolute Gasteiger partial charge is 0.387 e. The van der Waals surface area contributed by atoms with Crippen LogP contribution in [0.4, 0.5) is 8.78 Å². The molecule has 0 aromatic heterocycles. The normalized spacial score (nSPS) is 11.4. The molecule has 2 rings (SSSR count). The Labute approximate surface area is 159 Å². The summed E-state index contributed by atoms with van der Waals surface area (Å²) in [4.78, 5) is 36.0. The molecule has 28 heavy (non-hydrogen) atoms. The Hall–Kier alpha value is -3.49. The van der Waals surface area contributed by atoms with E-state index in [1.807, 2.05) is 0 Å². The van der Waals surface area contributed by atoms with Crippen LogP contribution in [-0.2, 0) is 19.1 Å². The number of ether oxygens (including phenoxy) is 3. The Kier molecular flexibility index (Phi) is 7.44. The molecule has 0 bridgehead atoms. The summed E-state index contributed by atoms with van der Waals surface area (Å²) in [6.45, 7) is -3.57. The molecule has 0 fully saturated rings. The van der Waals surface area contributed by atoms with Gasteiger partial charge in [0.1, 0.15) is 12.3 Å². The van der Waals surface area contributed by atoms with Gasteiger partial charge in [-0.3, -0.25) is 9.59 Å². The van der Waals surface area contributed by atoms with Gasteiger partial charge in [0.2, 0.25) is 6.10 Å². The summed E-state index contributed by atoms with van der Waals surface area (Å²) >= 11 is 0. The minimum Gasteiger partial charge on any atom is -0.466 e. The first kappa shape index (κ1) is 20.8. The van der Waals surface area contributed by atoms with Crippen LogP contribution in [0.2, 0.25) is 0 Å². The van der Waals surface area contributed by atoms with Crippen molar-refractivity contribution in [1.29, 1.82) is 0 Å². The van der Waals surface area contributed by atoms with Gasteiger partial charge in [0.25, 0.3) is 5.91 Å². The van der Waals surface area contributed by atoms with Crippen molar-refractivity contribution in [3.8, 4) is 5.75 Å². The molecule has 0 saturated carbocycles. The third-order valence-electron chi connectivity index (χ3n) is 3.48. The average Bonchev–Trinajstić information content (AvgIpc) is 2.70. The molecule has 1 N–H and O–H groups in total. The summed E-state index contributed by atoms with van der Waals surface area (Å²) in [5, 5.41) is 2.28. The number of esters is 2. The van der Waals surface area contributed by atoms with E-state index >= 15 is 0 Å².